The summed E-state index contributed by atoms with van der Waals surface area (Å²) in [4.78, 5) is 51.1. The van der Waals surface area contributed by atoms with Gasteiger partial charge in [-0.3, -0.25) is 20.3 Å². The van der Waals surface area contributed by atoms with Gasteiger partial charge in [0.1, 0.15) is 23.8 Å². The molecule has 0 aliphatic carbocycles. The number of fused-ring (bicyclic) bond motifs is 1. The van der Waals surface area contributed by atoms with Crippen molar-refractivity contribution >= 4 is 69.8 Å². The number of hydrogen-bond donors (Lipinski definition) is 4. The Morgan fingerprint density at radius 1 is 1.44 bits per heavy atom. The number of hydrogen-bond acceptors (Lipinski definition) is 14. The molecule has 1 fully saturated rings. The molecule has 2 atom stereocenters. The summed E-state index contributed by atoms with van der Waals surface area (Å²) in [7, 11) is 0. The van der Waals surface area contributed by atoms with E-state index < -0.39 is 29.2 Å². The van der Waals surface area contributed by atoms with E-state index in [0.29, 0.717) is 38.7 Å². The molecule has 14 nitrogen and oxygen atoms in total. The topological polar surface area (TPSA) is 219 Å². The van der Waals surface area contributed by atoms with Crippen LogP contribution in [0.1, 0.15) is 11.3 Å². The second-order valence-electron chi connectivity index (χ2n) is 7.61. The second kappa shape index (κ2) is 10.6. The zero-order valence-corrected chi connectivity index (χ0v) is 21.2. The van der Waals surface area contributed by atoms with E-state index in [2.05, 4.69) is 20.4 Å². The summed E-state index contributed by atoms with van der Waals surface area (Å²) in [6.07, 6.45) is 2.50. The molecular weight excluding hydrogens is 530 g/mol. The maximum absolute atomic E-state index is 12.7. The fraction of sp³-hybridized carbons (Fsp3) is 0.316. The number of carboxylic acid groups (broad SMARTS) is 1. The molecule has 2 aliphatic heterocycles. The van der Waals surface area contributed by atoms with Gasteiger partial charge in [-0.1, -0.05) is 5.16 Å². The molecule has 2 aromatic heterocycles. The van der Waals surface area contributed by atoms with Crippen molar-refractivity contribution in [3.8, 4) is 0 Å². The fourth-order valence-corrected chi connectivity index (χ4v) is 6.32. The number of aliphatic carboxylic acids is 1. The number of nitrogens with one attached hydrogen (secondary N) is 1. The number of nitrogen functional groups attached to an aromatic ring is 3. The molecule has 0 spiro atoms. The molecule has 2 unspecified atom stereocenters. The van der Waals surface area contributed by atoms with E-state index in [1.165, 1.54) is 39.5 Å². The third kappa shape index (κ3) is 5.31. The number of thioether (sulfide) groups is 2. The van der Waals surface area contributed by atoms with Crippen molar-refractivity contribution in [2.45, 2.75) is 30.1 Å². The average molecular weight is 552 g/mol. The number of β-lactam (4-membered cyclic amide) rings is 1. The van der Waals surface area contributed by atoms with Crippen LogP contribution in [0.4, 0.5) is 10.9 Å². The molecular formula is C19H21N9O5S3. The summed E-state index contributed by atoms with van der Waals surface area (Å²) in [6, 6.07) is -0.916. The smallest absolute Gasteiger partial charge is 0.384 e. The Hall–Kier alpha value is -3.57. The van der Waals surface area contributed by atoms with Gasteiger partial charge in [0, 0.05) is 16.9 Å². The number of anilines is 2. The van der Waals surface area contributed by atoms with Gasteiger partial charge in [0.05, 0.1) is 22.9 Å². The highest BCUT2D eigenvalue weighted by molar-refractivity contribution is 8.01. The maximum atomic E-state index is 12.7. The molecule has 2 amide bonds. The SMILES string of the molecule is Cc1c[n+](N)c(SCC2=C(C(=O)[O-])N3C(=O)C(NC(=O)/C=N\OCc4csc(N)n4)C3SC2)nc1N. The van der Waals surface area contributed by atoms with E-state index in [9.17, 15) is 19.5 Å². The van der Waals surface area contributed by atoms with Crippen LogP contribution in [-0.4, -0.2) is 61.8 Å². The lowest BCUT2D eigenvalue weighted by molar-refractivity contribution is -0.682. The molecule has 4 rings (SSSR count). The first-order valence-corrected chi connectivity index (χ1v) is 13.2. The average Bonchev–Trinajstić information content (AvgIpc) is 3.25. The lowest BCUT2D eigenvalue weighted by Crippen LogP contribution is -2.71. The highest BCUT2D eigenvalue weighted by Gasteiger charge is 2.52. The zero-order valence-electron chi connectivity index (χ0n) is 18.7. The number of nitrogens with zero attached hydrogens (tertiary/aromatic N) is 5. The monoisotopic (exact) mass is 551 g/mol. The highest BCUT2D eigenvalue weighted by atomic mass is 32.2. The van der Waals surface area contributed by atoms with E-state index >= 15 is 0 Å². The number of amides is 2. The van der Waals surface area contributed by atoms with E-state index in [1.54, 1.807) is 18.5 Å². The molecule has 1 saturated heterocycles. The number of rotatable bonds is 9. The Kier molecular flexibility index (Phi) is 7.51. The summed E-state index contributed by atoms with van der Waals surface area (Å²) in [5.41, 5.74) is 12.9. The third-order valence-corrected chi connectivity index (χ3v) is 8.23. The molecule has 2 aromatic rings. The molecule has 4 heterocycles. The number of carbonyl (C=O) groups excluding carboxylic acids is 3. The van der Waals surface area contributed by atoms with Crippen LogP contribution in [0.3, 0.4) is 0 Å². The minimum Gasteiger partial charge on any atom is -0.543 e. The van der Waals surface area contributed by atoms with Gasteiger partial charge in [0.2, 0.25) is 5.82 Å². The van der Waals surface area contributed by atoms with Gasteiger partial charge in [0.15, 0.2) is 11.7 Å². The minimum atomic E-state index is -1.48. The number of oxime groups is 1. The Morgan fingerprint density at radius 3 is 2.92 bits per heavy atom. The van der Waals surface area contributed by atoms with Crippen LogP contribution in [-0.2, 0) is 25.8 Å². The quantitative estimate of drug-likeness (QED) is 0.0492. The van der Waals surface area contributed by atoms with Gasteiger partial charge in [-0.05, 0) is 29.2 Å². The Balaban J connectivity index is 1.37. The van der Waals surface area contributed by atoms with Crippen molar-refractivity contribution < 1.29 is 29.0 Å². The summed E-state index contributed by atoms with van der Waals surface area (Å²) in [5, 5.41) is 19.9. The lowest BCUT2D eigenvalue weighted by atomic mass is 10.0. The van der Waals surface area contributed by atoms with Crippen molar-refractivity contribution in [1.82, 2.24) is 20.2 Å². The first-order chi connectivity index (χ1) is 17.2. The van der Waals surface area contributed by atoms with Crippen LogP contribution in [0.25, 0.3) is 0 Å². The number of nitrogens with two attached hydrogens (primary N) is 3. The highest BCUT2D eigenvalue weighted by Crippen LogP contribution is 2.41. The van der Waals surface area contributed by atoms with E-state index in [0.717, 1.165) is 11.1 Å². The number of thiazole rings is 1. The number of carboxylic acids is 1. The third-order valence-electron chi connectivity index (χ3n) is 5.11. The van der Waals surface area contributed by atoms with E-state index in [-0.39, 0.29) is 18.1 Å². The fourth-order valence-electron chi connectivity index (χ4n) is 3.39. The Labute approximate surface area is 216 Å². The Morgan fingerprint density at radius 2 is 2.22 bits per heavy atom. The second-order valence-corrected chi connectivity index (χ2v) is 10.5. The van der Waals surface area contributed by atoms with Crippen molar-refractivity contribution in [2.75, 3.05) is 28.8 Å². The number of aryl methyl sites for hydroxylation is 1. The Bertz CT molecular complexity index is 1280. The number of aromatic nitrogens is 3. The maximum Gasteiger partial charge on any atom is 0.384 e. The van der Waals surface area contributed by atoms with E-state index in [4.69, 9.17) is 22.1 Å². The number of carbonyl (C=O) groups is 3. The predicted octanol–water partition coefficient (Wildman–Crippen LogP) is -2.29. The largest absolute Gasteiger partial charge is 0.543 e. The summed E-state index contributed by atoms with van der Waals surface area (Å²) >= 11 is 3.75. The normalized spacial score (nSPS) is 19.2. The molecule has 7 N–H and O–H groups in total. The first-order valence-electron chi connectivity index (χ1n) is 10.3. The molecule has 2 aliphatic rings. The van der Waals surface area contributed by atoms with Gasteiger partial charge in [-0.25, -0.2) is 4.98 Å². The standard InChI is InChI=1S/C19H21N9O5S3/c1-8-3-27(22)19(26-14(8)20)36-6-9-5-34-16-12(15(30)28(16)13(9)17(31)32)25-11(29)2-23-33-4-10-7-35-18(21)24-10/h2-3,7,12,16,20H,4-6,22H2,1H3,(H4,21,24,25,29,31,32)/b23-2-. The van der Waals surface area contributed by atoms with Crippen LogP contribution < -0.4 is 32.4 Å². The molecule has 0 saturated carbocycles. The van der Waals surface area contributed by atoms with Crippen LogP contribution >= 0.6 is 34.9 Å². The molecule has 36 heavy (non-hydrogen) atoms. The van der Waals surface area contributed by atoms with Gasteiger partial charge < -0.3 is 31.5 Å². The van der Waals surface area contributed by atoms with Crippen LogP contribution in [0.15, 0.2) is 33.2 Å². The van der Waals surface area contributed by atoms with Crippen molar-refractivity contribution in [3.63, 3.8) is 0 Å². The van der Waals surface area contributed by atoms with Crippen molar-refractivity contribution in [1.29, 1.82) is 0 Å². The van der Waals surface area contributed by atoms with Gasteiger partial charge in [0.25, 0.3) is 11.8 Å². The van der Waals surface area contributed by atoms with Crippen molar-refractivity contribution in [2.24, 2.45) is 5.16 Å². The zero-order chi connectivity index (χ0) is 26.0. The van der Waals surface area contributed by atoms with Crippen molar-refractivity contribution in [3.05, 3.63) is 34.1 Å². The van der Waals surface area contributed by atoms with Crippen LogP contribution in [0, 0.1) is 6.92 Å². The van der Waals surface area contributed by atoms with E-state index in [1.807, 2.05) is 0 Å². The molecule has 0 bridgehead atoms. The predicted molar refractivity (Wildman–Crippen MR) is 131 cm³/mol. The lowest BCUT2D eigenvalue weighted by Gasteiger charge is -2.50. The summed E-state index contributed by atoms with van der Waals surface area (Å²) < 4.78 is 1.30. The molecule has 190 valence electrons. The first kappa shape index (κ1) is 25.5. The molecule has 17 heteroatoms. The van der Waals surface area contributed by atoms with Crippen LogP contribution in [0.2, 0.25) is 0 Å². The molecule has 0 aromatic carbocycles. The van der Waals surface area contributed by atoms with Gasteiger partial charge in [-0.15, -0.1) is 27.8 Å². The minimum absolute atomic E-state index is 0.0293. The summed E-state index contributed by atoms with van der Waals surface area (Å²) in [6.45, 7) is 1.79. The van der Waals surface area contributed by atoms with Gasteiger partial charge in [-0.2, -0.15) is 0 Å². The van der Waals surface area contributed by atoms with Crippen LogP contribution in [0.5, 0.6) is 0 Å². The summed E-state index contributed by atoms with van der Waals surface area (Å²) in [5.74, 6) is 4.01. The van der Waals surface area contributed by atoms with Gasteiger partial charge >= 0.3 is 5.16 Å². The molecule has 0 radical (unpaired) electrons.